The molecule has 0 bridgehead atoms. The van der Waals surface area contributed by atoms with E-state index >= 15 is 0 Å². The molecule has 8 heteroatoms. The van der Waals surface area contributed by atoms with Gasteiger partial charge in [0, 0.05) is 45.7 Å². The van der Waals surface area contributed by atoms with Crippen molar-refractivity contribution in [3.8, 4) is 0 Å². The van der Waals surface area contributed by atoms with E-state index < -0.39 is 0 Å². The SMILES string of the molecule is CCOC(=O)N1CCC2(CC(N3CC=C([C@@H]4CCCN4c4nnc(C)o4)CC3)C2)C1. The Morgan fingerprint density at radius 1 is 1.30 bits per heavy atom. The first-order valence-electron chi connectivity index (χ1n) is 11.5. The van der Waals surface area contributed by atoms with Crippen LogP contribution in [0, 0.1) is 12.3 Å². The van der Waals surface area contributed by atoms with Gasteiger partial charge in [-0.3, -0.25) is 4.90 Å². The van der Waals surface area contributed by atoms with Crippen molar-refractivity contribution in [3.63, 3.8) is 0 Å². The lowest BCUT2D eigenvalue weighted by Gasteiger charge is -2.51. The second kappa shape index (κ2) is 7.87. The highest BCUT2D eigenvalue weighted by Crippen LogP contribution is 2.50. The smallest absolute Gasteiger partial charge is 0.409 e. The fraction of sp³-hybridized carbons (Fsp3) is 0.773. The molecule has 1 aromatic rings. The van der Waals surface area contributed by atoms with E-state index in [0.29, 0.717) is 36.0 Å². The van der Waals surface area contributed by atoms with Crippen molar-refractivity contribution in [2.75, 3.05) is 44.2 Å². The quantitative estimate of drug-likeness (QED) is 0.700. The van der Waals surface area contributed by atoms with Crippen LogP contribution in [-0.4, -0.2) is 77.5 Å². The first kappa shape index (κ1) is 19.8. The van der Waals surface area contributed by atoms with E-state index in [1.165, 1.54) is 31.3 Å². The third-order valence-corrected chi connectivity index (χ3v) is 7.54. The minimum absolute atomic E-state index is 0.138. The molecule has 1 aliphatic carbocycles. The maximum Gasteiger partial charge on any atom is 0.409 e. The molecule has 1 atom stereocenters. The van der Waals surface area contributed by atoms with Crippen LogP contribution in [-0.2, 0) is 4.74 Å². The van der Waals surface area contributed by atoms with Crippen molar-refractivity contribution in [2.24, 2.45) is 5.41 Å². The maximum absolute atomic E-state index is 12.0. The van der Waals surface area contributed by atoms with Crippen LogP contribution >= 0.6 is 0 Å². The number of amides is 1. The molecule has 1 amide bonds. The van der Waals surface area contributed by atoms with E-state index in [4.69, 9.17) is 9.15 Å². The van der Waals surface area contributed by atoms with Gasteiger partial charge in [0.1, 0.15) is 0 Å². The predicted octanol–water partition coefficient (Wildman–Crippen LogP) is 2.99. The number of carbonyl (C=O) groups is 1. The minimum atomic E-state index is -0.138. The van der Waals surface area contributed by atoms with Crippen molar-refractivity contribution in [1.82, 2.24) is 20.0 Å². The Balaban J connectivity index is 1.15. The van der Waals surface area contributed by atoms with Gasteiger partial charge in [0.2, 0.25) is 5.89 Å². The summed E-state index contributed by atoms with van der Waals surface area (Å²) in [5, 5.41) is 8.25. The molecule has 164 valence electrons. The summed E-state index contributed by atoms with van der Waals surface area (Å²) in [6.07, 6.45) is 9.32. The highest BCUT2D eigenvalue weighted by atomic mass is 16.6. The number of anilines is 1. The Labute approximate surface area is 178 Å². The molecule has 3 aliphatic heterocycles. The summed E-state index contributed by atoms with van der Waals surface area (Å²) < 4.78 is 10.9. The van der Waals surface area contributed by atoms with Crippen molar-refractivity contribution >= 4 is 12.1 Å². The molecule has 5 rings (SSSR count). The molecule has 4 heterocycles. The summed E-state index contributed by atoms with van der Waals surface area (Å²) in [5.74, 6) is 0.631. The van der Waals surface area contributed by atoms with E-state index in [1.807, 2.05) is 18.7 Å². The first-order valence-corrected chi connectivity index (χ1v) is 11.5. The summed E-state index contributed by atoms with van der Waals surface area (Å²) >= 11 is 0. The molecule has 30 heavy (non-hydrogen) atoms. The van der Waals surface area contributed by atoms with Crippen LogP contribution in [0.15, 0.2) is 16.1 Å². The summed E-state index contributed by atoms with van der Waals surface area (Å²) in [6, 6.07) is 1.74. The molecule has 4 aliphatic rings. The second-order valence-electron chi connectivity index (χ2n) is 9.41. The van der Waals surface area contributed by atoms with E-state index in [2.05, 4.69) is 26.1 Å². The Morgan fingerprint density at radius 3 is 2.87 bits per heavy atom. The van der Waals surface area contributed by atoms with E-state index in [0.717, 1.165) is 45.6 Å². The summed E-state index contributed by atoms with van der Waals surface area (Å²) in [4.78, 5) is 18.9. The Hall–Kier alpha value is -2.09. The standard InChI is InChI=1S/C22H33N5O3/c1-3-29-21(28)26-12-8-22(15-26)13-18(14-22)25-10-6-17(7-11-25)19-5-4-9-27(19)20-24-23-16(2)30-20/h6,18-19H,3-5,7-15H2,1-2H3/t18?,19-,22?/m0/s1. The molecule has 2 saturated heterocycles. The molecular weight excluding hydrogens is 382 g/mol. The number of carbonyl (C=O) groups excluding carboxylic acids is 1. The summed E-state index contributed by atoms with van der Waals surface area (Å²) in [7, 11) is 0. The number of hydrogen-bond acceptors (Lipinski definition) is 7. The summed E-state index contributed by atoms with van der Waals surface area (Å²) in [5.41, 5.74) is 1.86. The van der Waals surface area contributed by atoms with Gasteiger partial charge in [-0.2, -0.15) is 0 Å². The number of aromatic nitrogens is 2. The number of aryl methyl sites for hydroxylation is 1. The van der Waals surface area contributed by atoms with Crippen molar-refractivity contribution in [1.29, 1.82) is 0 Å². The van der Waals surface area contributed by atoms with Crippen LogP contribution in [0.1, 0.15) is 51.3 Å². The molecule has 1 spiro atoms. The van der Waals surface area contributed by atoms with Gasteiger partial charge in [-0.25, -0.2) is 4.79 Å². The zero-order chi connectivity index (χ0) is 20.7. The minimum Gasteiger partial charge on any atom is -0.450 e. The lowest BCUT2D eigenvalue weighted by atomic mass is 9.64. The van der Waals surface area contributed by atoms with Crippen LogP contribution in [0.4, 0.5) is 10.8 Å². The number of rotatable bonds is 4. The van der Waals surface area contributed by atoms with Crippen molar-refractivity contribution < 1.29 is 13.9 Å². The van der Waals surface area contributed by atoms with E-state index in [9.17, 15) is 4.79 Å². The second-order valence-corrected chi connectivity index (χ2v) is 9.41. The lowest BCUT2D eigenvalue weighted by molar-refractivity contribution is 0.0101. The molecule has 3 fully saturated rings. The molecule has 8 nitrogen and oxygen atoms in total. The summed E-state index contributed by atoms with van der Waals surface area (Å²) in [6.45, 7) is 9.05. The van der Waals surface area contributed by atoms with E-state index in [-0.39, 0.29) is 6.09 Å². The zero-order valence-corrected chi connectivity index (χ0v) is 18.2. The monoisotopic (exact) mass is 415 g/mol. The average Bonchev–Trinajstić information content (AvgIpc) is 3.46. The normalized spacial score (nSPS) is 31.9. The largest absolute Gasteiger partial charge is 0.450 e. The third-order valence-electron chi connectivity index (χ3n) is 7.54. The Morgan fingerprint density at radius 2 is 2.17 bits per heavy atom. The average molecular weight is 416 g/mol. The number of nitrogens with zero attached hydrogens (tertiary/aromatic N) is 5. The van der Waals surface area contributed by atoms with Crippen LogP contribution in [0.2, 0.25) is 0 Å². The number of hydrogen-bond donors (Lipinski definition) is 0. The van der Waals surface area contributed by atoms with Gasteiger partial charge in [0.15, 0.2) is 0 Å². The van der Waals surface area contributed by atoms with Gasteiger partial charge in [-0.05, 0) is 56.4 Å². The third kappa shape index (κ3) is 3.59. The number of likely N-dealkylation sites (tertiary alicyclic amines) is 1. The first-order chi connectivity index (χ1) is 14.6. The van der Waals surface area contributed by atoms with E-state index in [1.54, 1.807) is 0 Å². The topological polar surface area (TPSA) is 74.9 Å². The van der Waals surface area contributed by atoms with Crippen LogP contribution in [0.25, 0.3) is 0 Å². The molecule has 0 unspecified atom stereocenters. The van der Waals surface area contributed by atoms with Crippen LogP contribution in [0.3, 0.4) is 0 Å². The van der Waals surface area contributed by atoms with Gasteiger partial charge in [0.05, 0.1) is 12.6 Å². The maximum atomic E-state index is 12.0. The number of ether oxygens (including phenoxy) is 1. The zero-order valence-electron chi connectivity index (χ0n) is 18.2. The Bertz CT molecular complexity index is 815. The lowest BCUT2D eigenvalue weighted by Crippen LogP contribution is -2.53. The molecule has 1 saturated carbocycles. The van der Waals surface area contributed by atoms with Gasteiger partial charge >= 0.3 is 12.1 Å². The Kier molecular flexibility index (Phi) is 5.21. The fourth-order valence-corrected chi connectivity index (χ4v) is 5.96. The van der Waals surface area contributed by atoms with Gasteiger partial charge in [-0.15, -0.1) is 5.10 Å². The fourth-order valence-electron chi connectivity index (χ4n) is 5.96. The molecular formula is C22H33N5O3. The van der Waals surface area contributed by atoms with Crippen molar-refractivity contribution in [3.05, 3.63) is 17.5 Å². The molecule has 0 radical (unpaired) electrons. The van der Waals surface area contributed by atoms with Gasteiger partial charge in [-0.1, -0.05) is 11.2 Å². The molecule has 0 N–H and O–H groups in total. The van der Waals surface area contributed by atoms with Crippen molar-refractivity contribution in [2.45, 2.75) is 64.5 Å². The predicted molar refractivity (Wildman–Crippen MR) is 112 cm³/mol. The molecule has 0 aromatic carbocycles. The van der Waals surface area contributed by atoms with Gasteiger partial charge < -0.3 is 19.0 Å². The van der Waals surface area contributed by atoms with Crippen LogP contribution < -0.4 is 4.90 Å². The highest BCUT2D eigenvalue weighted by Gasteiger charge is 2.51. The molecule has 1 aromatic heterocycles. The highest BCUT2D eigenvalue weighted by molar-refractivity contribution is 5.68. The van der Waals surface area contributed by atoms with Gasteiger partial charge in [0.25, 0.3) is 0 Å². The van der Waals surface area contributed by atoms with Crippen LogP contribution in [0.5, 0.6) is 0 Å².